The number of nitro groups is 1. The topological polar surface area (TPSA) is 122 Å². The van der Waals surface area contributed by atoms with E-state index in [1.807, 2.05) is 43.3 Å². The number of anilines is 2. The number of morpholine rings is 1. The van der Waals surface area contributed by atoms with Gasteiger partial charge in [0.1, 0.15) is 6.54 Å². The third kappa shape index (κ3) is 6.79. The molecule has 3 aromatic rings. The van der Waals surface area contributed by atoms with Crippen molar-refractivity contribution in [2.75, 3.05) is 43.1 Å². The lowest BCUT2D eigenvalue weighted by molar-refractivity contribution is -0.387. The van der Waals surface area contributed by atoms with Gasteiger partial charge in [0, 0.05) is 24.1 Å². The van der Waals surface area contributed by atoms with Crippen LogP contribution in [0.3, 0.4) is 0 Å². The van der Waals surface area contributed by atoms with Crippen LogP contribution >= 0.6 is 23.5 Å². The third-order valence-corrected chi connectivity index (χ3v) is 8.41. The average Bonchev–Trinajstić information content (AvgIpc) is 3.22. The molecule has 0 radical (unpaired) electrons. The average molecular weight is 591 g/mol. The highest BCUT2D eigenvalue weighted by molar-refractivity contribution is 8.18. The molecule has 12 heteroatoms. The first-order valence-electron chi connectivity index (χ1n) is 12.8. The van der Waals surface area contributed by atoms with Crippen LogP contribution in [0.4, 0.5) is 21.9 Å². The lowest BCUT2D eigenvalue weighted by Crippen LogP contribution is -2.38. The number of aryl methyl sites for hydroxylation is 1. The van der Waals surface area contributed by atoms with E-state index >= 15 is 0 Å². The Morgan fingerprint density at radius 3 is 2.56 bits per heavy atom. The molecule has 5 rings (SSSR count). The van der Waals surface area contributed by atoms with Crippen LogP contribution in [0.25, 0.3) is 6.08 Å². The minimum absolute atomic E-state index is 0.0877. The fourth-order valence-corrected chi connectivity index (χ4v) is 6.11. The highest BCUT2D eigenvalue weighted by Crippen LogP contribution is 2.37. The molecular weight excluding hydrogens is 564 g/mol. The van der Waals surface area contributed by atoms with E-state index in [9.17, 15) is 24.5 Å². The molecule has 0 spiro atoms. The van der Waals surface area contributed by atoms with E-state index < -0.39 is 28.5 Å². The Labute approximate surface area is 244 Å². The van der Waals surface area contributed by atoms with E-state index in [1.165, 1.54) is 23.9 Å². The number of amides is 3. The molecule has 2 aliphatic heterocycles. The van der Waals surface area contributed by atoms with E-state index in [4.69, 9.17) is 4.74 Å². The van der Waals surface area contributed by atoms with Crippen LogP contribution < -0.4 is 10.2 Å². The van der Waals surface area contributed by atoms with Crippen molar-refractivity contribution in [3.05, 3.63) is 92.9 Å². The zero-order valence-electron chi connectivity index (χ0n) is 22.1. The van der Waals surface area contributed by atoms with Crippen LogP contribution in [0.15, 0.2) is 81.4 Å². The zero-order valence-corrected chi connectivity index (χ0v) is 23.7. The molecule has 2 heterocycles. The molecule has 0 aliphatic carbocycles. The van der Waals surface area contributed by atoms with E-state index in [0.29, 0.717) is 54.2 Å². The van der Waals surface area contributed by atoms with Gasteiger partial charge >= 0.3 is 0 Å². The Bertz CT molecular complexity index is 1540. The number of hydrogen-bond donors (Lipinski definition) is 1. The second-order valence-corrected chi connectivity index (χ2v) is 11.4. The number of para-hydroxylation sites is 2. The van der Waals surface area contributed by atoms with Crippen molar-refractivity contribution < 1.29 is 24.0 Å². The van der Waals surface area contributed by atoms with Gasteiger partial charge in [0.15, 0.2) is 0 Å². The van der Waals surface area contributed by atoms with Crippen LogP contribution in [-0.2, 0) is 14.3 Å². The molecule has 0 unspecified atom stereocenters. The van der Waals surface area contributed by atoms with Crippen LogP contribution in [0, 0.1) is 17.0 Å². The van der Waals surface area contributed by atoms with Gasteiger partial charge in [-0.05, 0) is 60.7 Å². The van der Waals surface area contributed by atoms with Crippen molar-refractivity contribution in [3.8, 4) is 0 Å². The summed E-state index contributed by atoms with van der Waals surface area (Å²) in [5.74, 6) is -1.14. The van der Waals surface area contributed by atoms with Crippen molar-refractivity contribution in [3.63, 3.8) is 0 Å². The molecule has 0 bridgehead atoms. The SMILES string of the molecule is Cc1ccc(Sc2ccc(/C=C3\SC(=O)N(CC(=O)Nc4ccccc4N4CCOCC4)C3=O)cc2[N+](=O)[O-])cc1. The standard InChI is InChI=1S/C29H26N4O6S2/c1-19-6-9-21(10-7-19)40-25-11-8-20(16-24(25)33(37)38)17-26-28(35)32(29(36)41-26)18-27(34)30-22-4-2-3-5-23(22)31-12-14-39-15-13-31/h2-11,16-17H,12-15,18H2,1H3,(H,30,34)/b26-17-. The van der Waals surface area contributed by atoms with E-state index in [2.05, 4.69) is 10.2 Å². The molecule has 3 aromatic carbocycles. The largest absolute Gasteiger partial charge is 0.378 e. The van der Waals surface area contributed by atoms with Gasteiger partial charge in [-0.1, -0.05) is 47.7 Å². The number of benzene rings is 3. The molecule has 2 saturated heterocycles. The summed E-state index contributed by atoms with van der Waals surface area (Å²) in [6.45, 7) is 4.05. The van der Waals surface area contributed by atoms with Crippen molar-refractivity contribution in [1.82, 2.24) is 4.90 Å². The first kappa shape index (κ1) is 28.4. The van der Waals surface area contributed by atoms with Crippen LogP contribution in [0.1, 0.15) is 11.1 Å². The monoisotopic (exact) mass is 590 g/mol. The molecule has 0 atom stereocenters. The predicted molar refractivity (Wildman–Crippen MR) is 159 cm³/mol. The van der Waals surface area contributed by atoms with Crippen LogP contribution in [0.2, 0.25) is 0 Å². The summed E-state index contributed by atoms with van der Waals surface area (Å²) in [5, 5.41) is 14.0. The summed E-state index contributed by atoms with van der Waals surface area (Å²) < 4.78 is 5.41. The minimum Gasteiger partial charge on any atom is -0.378 e. The van der Waals surface area contributed by atoms with Crippen LogP contribution in [-0.4, -0.2) is 59.7 Å². The molecule has 2 aliphatic rings. The Morgan fingerprint density at radius 1 is 1.10 bits per heavy atom. The first-order chi connectivity index (χ1) is 19.8. The van der Waals surface area contributed by atoms with Gasteiger partial charge in [0.2, 0.25) is 5.91 Å². The number of hydrogen-bond acceptors (Lipinski definition) is 9. The Morgan fingerprint density at radius 2 is 1.83 bits per heavy atom. The highest BCUT2D eigenvalue weighted by Gasteiger charge is 2.36. The summed E-state index contributed by atoms with van der Waals surface area (Å²) in [4.78, 5) is 54.3. The summed E-state index contributed by atoms with van der Waals surface area (Å²) in [7, 11) is 0. The molecular formula is C29H26N4O6S2. The number of nitro benzene ring substituents is 1. The van der Waals surface area contributed by atoms with Gasteiger partial charge in [0.05, 0.1) is 39.3 Å². The second-order valence-electron chi connectivity index (χ2n) is 9.33. The maximum Gasteiger partial charge on any atom is 0.294 e. The quantitative estimate of drug-likeness (QED) is 0.204. The Kier molecular flexibility index (Phi) is 8.72. The number of carbonyl (C=O) groups excluding carboxylic acids is 3. The summed E-state index contributed by atoms with van der Waals surface area (Å²) in [5.41, 5.74) is 2.80. The predicted octanol–water partition coefficient (Wildman–Crippen LogP) is 5.57. The van der Waals surface area contributed by atoms with Gasteiger partial charge in [0.25, 0.3) is 16.8 Å². The number of thioether (sulfide) groups is 1. The maximum absolute atomic E-state index is 13.1. The lowest BCUT2D eigenvalue weighted by Gasteiger charge is -2.30. The lowest BCUT2D eigenvalue weighted by atomic mass is 10.2. The van der Waals surface area contributed by atoms with Gasteiger partial charge in [-0.3, -0.25) is 29.4 Å². The zero-order chi connectivity index (χ0) is 28.9. The number of rotatable bonds is 8. The number of nitrogens with one attached hydrogen (secondary N) is 1. The molecule has 0 aromatic heterocycles. The van der Waals surface area contributed by atoms with Crippen molar-refractivity contribution in [1.29, 1.82) is 0 Å². The molecule has 1 N–H and O–H groups in total. The molecule has 3 amide bonds. The first-order valence-corrected chi connectivity index (χ1v) is 14.4. The maximum atomic E-state index is 13.1. The molecule has 2 fully saturated rings. The fraction of sp³-hybridized carbons (Fsp3) is 0.207. The minimum atomic E-state index is -0.627. The van der Waals surface area contributed by atoms with Crippen molar-refractivity contribution in [2.24, 2.45) is 0 Å². The molecule has 10 nitrogen and oxygen atoms in total. The summed E-state index contributed by atoms with van der Waals surface area (Å²) >= 11 is 1.97. The van der Waals surface area contributed by atoms with E-state index in [-0.39, 0.29) is 10.6 Å². The van der Waals surface area contributed by atoms with Crippen LogP contribution in [0.5, 0.6) is 0 Å². The Balaban J connectivity index is 1.28. The van der Waals surface area contributed by atoms with Crippen molar-refractivity contribution in [2.45, 2.75) is 16.7 Å². The van der Waals surface area contributed by atoms with E-state index in [1.54, 1.807) is 24.3 Å². The highest BCUT2D eigenvalue weighted by atomic mass is 32.2. The second kappa shape index (κ2) is 12.6. The normalized spacial score (nSPS) is 16.4. The van der Waals surface area contributed by atoms with Crippen molar-refractivity contribution >= 4 is 63.7 Å². The fourth-order valence-electron chi connectivity index (χ4n) is 4.37. The molecule has 210 valence electrons. The molecule has 41 heavy (non-hydrogen) atoms. The van der Waals surface area contributed by atoms with Gasteiger partial charge in [-0.15, -0.1) is 0 Å². The van der Waals surface area contributed by atoms with Gasteiger partial charge < -0.3 is 15.0 Å². The number of carbonyl (C=O) groups is 3. The summed E-state index contributed by atoms with van der Waals surface area (Å²) in [6.07, 6.45) is 1.43. The number of ether oxygens (including phenoxy) is 1. The Hall–Kier alpha value is -4.13. The van der Waals surface area contributed by atoms with Gasteiger partial charge in [-0.2, -0.15) is 0 Å². The van der Waals surface area contributed by atoms with E-state index in [0.717, 1.165) is 21.0 Å². The molecule has 0 saturated carbocycles. The number of imide groups is 1. The number of nitrogens with zero attached hydrogens (tertiary/aromatic N) is 3. The van der Waals surface area contributed by atoms with Gasteiger partial charge in [-0.25, -0.2) is 0 Å². The third-order valence-electron chi connectivity index (χ3n) is 6.43. The smallest absolute Gasteiger partial charge is 0.294 e. The summed E-state index contributed by atoms with van der Waals surface area (Å²) in [6, 6.07) is 19.6.